The van der Waals surface area contributed by atoms with Gasteiger partial charge in [0.15, 0.2) is 0 Å². The molecule has 0 radical (unpaired) electrons. The topological polar surface area (TPSA) is 73.1 Å². The van der Waals surface area contributed by atoms with Crippen molar-refractivity contribution in [1.82, 2.24) is 9.97 Å². The summed E-state index contributed by atoms with van der Waals surface area (Å²) in [6.45, 7) is 0.648. The molecule has 2 aromatic rings. The van der Waals surface area contributed by atoms with Crippen molar-refractivity contribution in [2.24, 2.45) is 0 Å². The van der Waals surface area contributed by atoms with Crippen molar-refractivity contribution in [2.45, 2.75) is 6.54 Å². The van der Waals surface area contributed by atoms with Gasteiger partial charge in [-0.2, -0.15) is 0 Å². The normalized spacial score (nSPS) is 9.94. The van der Waals surface area contributed by atoms with E-state index in [4.69, 9.17) is 10.5 Å². The third-order valence-electron chi connectivity index (χ3n) is 2.26. The first-order valence-electron chi connectivity index (χ1n) is 5.22. The lowest BCUT2D eigenvalue weighted by Crippen LogP contribution is -2.03. The molecule has 1 aromatic heterocycles. The van der Waals surface area contributed by atoms with Crippen molar-refractivity contribution in [1.29, 1.82) is 0 Å². The summed E-state index contributed by atoms with van der Waals surface area (Å²) < 4.78 is 5.15. The number of rotatable bonds is 4. The molecule has 0 saturated carbocycles. The summed E-state index contributed by atoms with van der Waals surface area (Å²) in [7, 11) is 1.65. The number of benzene rings is 1. The molecule has 0 aliphatic rings. The molecule has 0 aliphatic carbocycles. The Bertz CT molecular complexity index is 501. The molecule has 0 unspecified atom stereocenters. The van der Waals surface area contributed by atoms with Crippen LogP contribution in [0.5, 0.6) is 5.75 Å². The van der Waals surface area contributed by atoms with Gasteiger partial charge in [-0.15, -0.1) is 0 Å². The Hall–Kier alpha value is -2.30. The molecule has 17 heavy (non-hydrogen) atoms. The van der Waals surface area contributed by atoms with E-state index in [-0.39, 0.29) is 0 Å². The molecule has 5 heteroatoms. The molecule has 0 bridgehead atoms. The Morgan fingerprint density at radius 2 is 2.24 bits per heavy atom. The number of nitrogens with one attached hydrogen (secondary N) is 1. The lowest BCUT2D eigenvalue weighted by Gasteiger charge is -2.07. The van der Waals surface area contributed by atoms with Crippen molar-refractivity contribution in [3.8, 4) is 5.75 Å². The minimum Gasteiger partial charge on any atom is -0.497 e. The number of aromatic nitrogens is 2. The van der Waals surface area contributed by atoms with E-state index >= 15 is 0 Å². The van der Waals surface area contributed by atoms with E-state index in [0.29, 0.717) is 18.2 Å². The van der Waals surface area contributed by atoms with Crippen LogP contribution in [0.1, 0.15) is 5.56 Å². The van der Waals surface area contributed by atoms with Crippen molar-refractivity contribution in [2.75, 3.05) is 18.2 Å². The van der Waals surface area contributed by atoms with Gasteiger partial charge in [-0.3, -0.25) is 4.98 Å². The fourth-order valence-electron chi connectivity index (χ4n) is 1.44. The first-order valence-corrected chi connectivity index (χ1v) is 5.22. The summed E-state index contributed by atoms with van der Waals surface area (Å²) in [6.07, 6.45) is 3.15. The zero-order valence-corrected chi connectivity index (χ0v) is 9.55. The highest BCUT2D eigenvalue weighted by Crippen LogP contribution is 2.13. The molecule has 2 rings (SSSR count). The van der Waals surface area contributed by atoms with Crippen molar-refractivity contribution in [3.05, 3.63) is 42.2 Å². The Morgan fingerprint density at radius 1 is 1.35 bits per heavy atom. The molecule has 5 nitrogen and oxygen atoms in total. The Balaban J connectivity index is 2.02. The van der Waals surface area contributed by atoms with E-state index in [9.17, 15) is 0 Å². The Kier molecular flexibility index (Phi) is 3.40. The number of nitrogens with zero attached hydrogens (tertiary/aromatic N) is 2. The molecular weight excluding hydrogens is 216 g/mol. The molecular formula is C12H14N4O. The van der Waals surface area contributed by atoms with Crippen molar-refractivity contribution in [3.63, 3.8) is 0 Å². The van der Waals surface area contributed by atoms with Crippen LogP contribution in [-0.4, -0.2) is 17.1 Å². The maximum Gasteiger partial charge on any atom is 0.147 e. The maximum atomic E-state index is 5.54. The van der Waals surface area contributed by atoms with Gasteiger partial charge in [-0.05, 0) is 17.7 Å². The van der Waals surface area contributed by atoms with Crippen LogP contribution in [0.2, 0.25) is 0 Å². The standard InChI is InChI=1S/C12H14N4O/c1-17-10-4-2-3-9(5-10)6-15-12-8-14-7-11(13)16-12/h2-5,7-8H,6H2,1H3,(H3,13,15,16). The van der Waals surface area contributed by atoms with Gasteiger partial charge in [-0.1, -0.05) is 12.1 Å². The predicted molar refractivity (Wildman–Crippen MR) is 66.8 cm³/mol. The number of hydrogen-bond donors (Lipinski definition) is 2. The molecule has 3 N–H and O–H groups in total. The van der Waals surface area contributed by atoms with Gasteiger partial charge in [0.1, 0.15) is 17.4 Å². The van der Waals surface area contributed by atoms with Crippen LogP contribution in [0.25, 0.3) is 0 Å². The fourth-order valence-corrected chi connectivity index (χ4v) is 1.44. The number of ether oxygens (including phenoxy) is 1. The van der Waals surface area contributed by atoms with Gasteiger partial charge in [0.05, 0.1) is 19.5 Å². The van der Waals surface area contributed by atoms with Crippen molar-refractivity contribution < 1.29 is 4.74 Å². The molecule has 0 fully saturated rings. The number of nitrogens with two attached hydrogens (primary N) is 1. The highest BCUT2D eigenvalue weighted by Gasteiger charge is 1.98. The van der Waals surface area contributed by atoms with Crippen LogP contribution >= 0.6 is 0 Å². The first-order chi connectivity index (χ1) is 8.28. The largest absolute Gasteiger partial charge is 0.497 e. The Labute approximate surface area is 99.7 Å². The smallest absolute Gasteiger partial charge is 0.147 e. The number of hydrogen-bond acceptors (Lipinski definition) is 5. The van der Waals surface area contributed by atoms with E-state index in [1.54, 1.807) is 13.3 Å². The molecule has 0 atom stereocenters. The van der Waals surface area contributed by atoms with Crippen LogP contribution in [0.4, 0.5) is 11.6 Å². The summed E-state index contributed by atoms with van der Waals surface area (Å²) >= 11 is 0. The Morgan fingerprint density at radius 3 is 3.00 bits per heavy atom. The lowest BCUT2D eigenvalue weighted by atomic mass is 10.2. The summed E-state index contributed by atoms with van der Waals surface area (Å²) in [5.74, 6) is 1.90. The van der Waals surface area contributed by atoms with E-state index in [0.717, 1.165) is 11.3 Å². The summed E-state index contributed by atoms with van der Waals surface area (Å²) in [5, 5.41) is 3.14. The van der Waals surface area contributed by atoms with E-state index in [2.05, 4.69) is 15.3 Å². The van der Waals surface area contributed by atoms with Crippen LogP contribution in [0, 0.1) is 0 Å². The van der Waals surface area contributed by atoms with Gasteiger partial charge in [-0.25, -0.2) is 4.98 Å². The highest BCUT2D eigenvalue weighted by molar-refractivity contribution is 5.39. The van der Waals surface area contributed by atoms with Gasteiger partial charge < -0.3 is 15.8 Å². The summed E-state index contributed by atoms with van der Waals surface area (Å²) in [4.78, 5) is 8.06. The second kappa shape index (κ2) is 5.16. The lowest BCUT2D eigenvalue weighted by molar-refractivity contribution is 0.414. The molecule has 1 aromatic carbocycles. The minimum atomic E-state index is 0.403. The molecule has 1 heterocycles. The van der Waals surface area contributed by atoms with Gasteiger partial charge in [0.2, 0.25) is 0 Å². The quantitative estimate of drug-likeness (QED) is 0.836. The predicted octanol–water partition coefficient (Wildman–Crippen LogP) is 1.68. The zero-order chi connectivity index (χ0) is 12.1. The first kappa shape index (κ1) is 11.2. The van der Waals surface area contributed by atoms with Gasteiger partial charge >= 0.3 is 0 Å². The fraction of sp³-hybridized carbons (Fsp3) is 0.167. The highest BCUT2D eigenvalue weighted by atomic mass is 16.5. The van der Waals surface area contributed by atoms with Crippen LogP contribution in [0.15, 0.2) is 36.7 Å². The summed E-state index contributed by atoms with van der Waals surface area (Å²) in [5.41, 5.74) is 6.64. The number of methoxy groups -OCH3 is 1. The van der Waals surface area contributed by atoms with Crippen molar-refractivity contribution >= 4 is 11.6 Å². The average molecular weight is 230 g/mol. The second-order valence-electron chi connectivity index (χ2n) is 3.53. The average Bonchev–Trinajstić information content (AvgIpc) is 2.37. The minimum absolute atomic E-state index is 0.403. The maximum absolute atomic E-state index is 5.54. The third-order valence-corrected chi connectivity index (χ3v) is 2.26. The molecule has 0 spiro atoms. The second-order valence-corrected chi connectivity index (χ2v) is 3.53. The molecule has 88 valence electrons. The zero-order valence-electron chi connectivity index (χ0n) is 9.55. The van der Waals surface area contributed by atoms with Crippen LogP contribution < -0.4 is 15.8 Å². The molecule has 0 aliphatic heterocycles. The number of anilines is 2. The summed E-state index contributed by atoms with van der Waals surface area (Å²) in [6, 6.07) is 7.83. The SMILES string of the molecule is COc1cccc(CNc2cncc(N)n2)c1. The monoisotopic (exact) mass is 230 g/mol. The molecule has 0 saturated heterocycles. The van der Waals surface area contributed by atoms with Crippen LogP contribution in [0.3, 0.4) is 0 Å². The van der Waals surface area contributed by atoms with E-state index in [1.807, 2.05) is 24.3 Å². The third kappa shape index (κ3) is 3.07. The number of nitrogen functional groups attached to an aromatic ring is 1. The van der Waals surface area contributed by atoms with E-state index in [1.165, 1.54) is 6.20 Å². The van der Waals surface area contributed by atoms with Crippen LogP contribution in [-0.2, 0) is 6.54 Å². The van der Waals surface area contributed by atoms with Gasteiger partial charge in [0, 0.05) is 6.54 Å². The molecule has 0 amide bonds. The van der Waals surface area contributed by atoms with E-state index < -0.39 is 0 Å². The van der Waals surface area contributed by atoms with Gasteiger partial charge in [0.25, 0.3) is 0 Å².